The highest BCUT2D eigenvalue weighted by Crippen LogP contribution is 2.19. The zero-order chi connectivity index (χ0) is 15.2. The van der Waals surface area contributed by atoms with Crippen LogP contribution in [0.3, 0.4) is 0 Å². The number of amides is 1. The Morgan fingerprint density at radius 3 is 2.81 bits per heavy atom. The van der Waals surface area contributed by atoms with Gasteiger partial charge in [-0.25, -0.2) is 0 Å². The molecule has 3 N–H and O–H groups in total. The number of hydrogen-bond donors (Lipinski definition) is 3. The smallest absolute Gasteiger partial charge is 0.220 e. The first kappa shape index (κ1) is 15.6. The van der Waals surface area contributed by atoms with Crippen LogP contribution in [0.5, 0.6) is 0 Å². The molecule has 21 heavy (non-hydrogen) atoms. The Hall–Kier alpha value is -1.81. The predicted octanol–water partition coefficient (Wildman–Crippen LogP) is 2.62. The third kappa shape index (κ3) is 4.08. The summed E-state index contributed by atoms with van der Waals surface area (Å²) in [5.41, 5.74) is 2.39. The highest BCUT2D eigenvalue weighted by atomic mass is 16.3. The fourth-order valence-corrected chi connectivity index (χ4v) is 2.48. The van der Waals surface area contributed by atoms with E-state index >= 15 is 0 Å². The van der Waals surface area contributed by atoms with Gasteiger partial charge in [-0.3, -0.25) is 4.79 Å². The molecule has 1 heterocycles. The van der Waals surface area contributed by atoms with Crippen LogP contribution in [-0.2, 0) is 11.2 Å². The van der Waals surface area contributed by atoms with Gasteiger partial charge < -0.3 is 15.4 Å². The van der Waals surface area contributed by atoms with E-state index in [0.717, 1.165) is 18.4 Å². The molecule has 0 aliphatic rings. The van der Waals surface area contributed by atoms with Gasteiger partial charge in [-0.05, 0) is 30.4 Å². The molecule has 0 spiro atoms. The third-order valence-corrected chi connectivity index (χ3v) is 3.87. The number of aliphatic hydroxyl groups excluding tert-OH is 1. The largest absolute Gasteiger partial charge is 0.394 e. The summed E-state index contributed by atoms with van der Waals surface area (Å²) in [7, 11) is 0. The lowest BCUT2D eigenvalue weighted by atomic mass is 10.0. The summed E-state index contributed by atoms with van der Waals surface area (Å²) in [6.07, 6.45) is 4.20. The van der Waals surface area contributed by atoms with Gasteiger partial charge in [0.1, 0.15) is 0 Å². The van der Waals surface area contributed by atoms with E-state index < -0.39 is 0 Å². The standard InChI is InChI=1S/C17H24N2O2/c1-12(2)16(11-20)19-17(21)9-5-6-13-10-18-15-8-4-3-7-14(13)15/h3-4,7-8,10,12,16,18,20H,5-6,9,11H2,1-2H3,(H,19,21). The Labute approximate surface area is 125 Å². The molecule has 4 nitrogen and oxygen atoms in total. The Kier molecular flexibility index (Phi) is 5.39. The van der Waals surface area contributed by atoms with E-state index in [4.69, 9.17) is 0 Å². The second-order valence-electron chi connectivity index (χ2n) is 5.81. The molecule has 0 saturated heterocycles. The highest BCUT2D eigenvalue weighted by Gasteiger charge is 2.14. The van der Waals surface area contributed by atoms with Gasteiger partial charge in [0.05, 0.1) is 12.6 Å². The van der Waals surface area contributed by atoms with Gasteiger partial charge in [0, 0.05) is 23.5 Å². The van der Waals surface area contributed by atoms with Crippen molar-refractivity contribution in [3.63, 3.8) is 0 Å². The summed E-state index contributed by atoms with van der Waals surface area (Å²) in [4.78, 5) is 15.1. The van der Waals surface area contributed by atoms with E-state index in [0.29, 0.717) is 6.42 Å². The summed E-state index contributed by atoms with van der Waals surface area (Å²) in [6.45, 7) is 3.98. The maximum absolute atomic E-state index is 11.9. The minimum Gasteiger partial charge on any atom is -0.394 e. The summed E-state index contributed by atoms with van der Waals surface area (Å²) in [5, 5.41) is 13.3. The molecule has 4 heteroatoms. The fraction of sp³-hybridized carbons (Fsp3) is 0.471. The second-order valence-corrected chi connectivity index (χ2v) is 5.81. The lowest BCUT2D eigenvalue weighted by Crippen LogP contribution is -2.41. The Balaban J connectivity index is 1.83. The maximum Gasteiger partial charge on any atom is 0.220 e. The summed E-state index contributed by atoms with van der Waals surface area (Å²) in [6, 6.07) is 8.05. The van der Waals surface area contributed by atoms with Crippen molar-refractivity contribution < 1.29 is 9.90 Å². The zero-order valence-electron chi connectivity index (χ0n) is 12.7. The molecule has 0 bridgehead atoms. The van der Waals surface area contributed by atoms with Gasteiger partial charge in [0.2, 0.25) is 5.91 Å². The van der Waals surface area contributed by atoms with Gasteiger partial charge >= 0.3 is 0 Å². The monoisotopic (exact) mass is 288 g/mol. The molecule has 0 fully saturated rings. The molecule has 1 aromatic heterocycles. The average Bonchev–Trinajstić information content (AvgIpc) is 2.88. The minimum absolute atomic E-state index is 0.00808. The number of aliphatic hydroxyl groups is 1. The molecule has 1 atom stereocenters. The Bertz CT molecular complexity index is 589. The number of para-hydroxylation sites is 1. The fourth-order valence-electron chi connectivity index (χ4n) is 2.48. The van der Waals surface area contributed by atoms with Gasteiger partial charge in [-0.1, -0.05) is 32.0 Å². The molecule has 0 radical (unpaired) electrons. The molecule has 1 aromatic carbocycles. The van der Waals surface area contributed by atoms with E-state index in [-0.39, 0.29) is 24.5 Å². The van der Waals surface area contributed by atoms with E-state index in [1.165, 1.54) is 10.9 Å². The van der Waals surface area contributed by atoms with Crippen LogP contribution in [0.4, 0.5) is 0 Å². The Morgan fingerprint density at radius 2 is 2.10 bits per heavy atom. The topological polar surface area (TPSA) is 65.1 Å². The van der Waals surface area contributed by atoms with Crippen LogP contribution in [-0.4, -0.2) is 28.6 Å². The number of H-pyrrole nitrogens is 1. The van der Waals surface area contributed by atoms with Crippen molar-refractivity contribution in [2.45, 2.75) is 39.2 Å². The number of nitrogens with one attached hydrogen (secondary N) is 2. The number of carbonyl (C=O) groups is 1. The SMILES string of the molecule is CC(C)C(CO)NC(=O)CCCc1c[nH]c2ccccc12. The van der Waals surface area contributed by atoms with Crippen LogP contribution in [0.2, 0.25) is 0 Å². The number of hydrogen-bond acceptors (Lipinski definition) is 2. The molecule has 0 aliphatic heterocycles. The molecule has 1 amide bonds. The van der Waals surface area contributed by atoms with Crippen LogP contribution < -0.4 is 5.32 Å². The quantitative estimate of drug-likeness (QED) is 0.733. The molecular formula is C17H24N2O2. The maximum atomic E-state index is 11.9. The number of aromatic nitrogens is 1. The zero-order valence-corrected chi connectivity index (χ0v) is 12.7. The van der Waals surface area contributed by atoms with Crippen molar-refractivity contribution in [3.05, 3.63) is 36.0 Å². The molecule has 2 aromatic rings. The summed E-state index contributed by atoms with van der Waals surface area (Å²) < 4.78 is 0. The third-order valence-electron chi connectivity index (χ3n) is 3.87. The van der Waals surface area contributed by atoms with E-state index in [2.05, 4.69) is 22.4 Å². The van der Waals surface area contributed by atoms with E-state index in [1.807, 2.05) is 32.2 Å². The molecule has 0 aliphatic carbocycles. The van der Waals surface area contributed by atoms with Crippen LogP contribution >= 0.6 is 0 Å². The second kappa shape index (κ2) is 7.27. The van der Waals surface area contributed by atoms with Crippen LogP contribution in [0.1, 0.15) is 32.3 Å². The first-order valence-electron chi connectivity index (χ1n) is 7.57. The van der Waals surface area contributed by atoms with Crippen molar-refractivity contribution >= 4 is 16.8 Å². The van der Waals surface area contributed by atoms with Gasteiger partial charge in [0.15, 0.2) is 0 Å². The number of fused-ring (bicyclic) bond motifs is 1. The number of rotatable bonds is 7. The van der Waals surface area contributed by atoms with Crippen molar-refractivity contribution in [3.8, 4) is 0 Å². The molecular weight excluding hydrogens is 264 g/mol. The summed E-state index contributed by atoms with van der Waals surface area (Å²) >= 11 is 0. The molecule has 2 rings (SSSR count). The van der Waals surface area contributed by atoms with Gasteiger partial charge in [-0.15, -0.1) is 0 Å². The van der Waals surface area contributed by atoms with Gasteiger partial charge in [-0.2, -0.15) is 0 Å². The normalized spacial score (nSPS) is 12.8. The van der Waals surface area contributed by atoms with Crippen LogP contribution in [0, 0.1) is 5.92 Å². The average molecular weight is 288 g/mol. The van der Waals surface area contributed by atoms with Crippen molar-refractivity contribution in [2.24, 2.45) is 5.92 Å². The Morgan fingerprint density at radius 1 is 1.33 bits per heavy atom. The summed E-state index contributed by atoms with van der Waals surface area (Å²) in [5.74, 6) is 0.259. The number of aromatic amines is 1. The van der Waals surface area contributed by atoms with Crippen LogP contribution in [0.15, 0.2) is 30.5 Å². The van der Waals surface area contributed by atoms with E-state index in [1.54, 1.807) is 0 Å². The minimum atomic E-state index is -0.148. The van der Waals surface area contributed by atoms with Gasteiger partial charge in [0.25, 0.3) is 0 Å². The first-order valence-corrected chi connectivity index (χ1v) is 7.57. The number of carbonyl (C=O) groups excluding carboxylic acids is 1. The molecule has 1 unspecified atom stereocenters. The first-order chi connectivity index (χ1) is 10.1. The van der Waals surface area contributed by atoms with E-state index in [9.17, 15) is 9.90 Å². The number of aryl methyl sites for hydroxylation is 1. The molecule has 0 saturated carbocycles. The van der Waals surface area contributed by atoms with Crippen molar-refractivity contribution in [1.82, 2.24) is 10.3 Å². The number of benzene rings is 1. The highest BCUT2D eigenvalue weighted by molar-refractivity contribution is 5.83. The predicted molar refractivity (Wildman–Crippen MR) is 85.1 cm³/mol. The lowest BCUT2D eigenvalue weighted by molar-refractivity contribution is -0.122. The lowest BCUT2D eigenvalue weighted by Gasteiger charge is -2.19. The van der Waals surface area contributed by atoms with Crippen LogP contribution in [0.25, 0.3) is 10.9 Å². The van der Waals surface area contributed by atoms with Crippen molar-refractivity contribution in [1.29, 1.82) is 0 Å². The van der Waals surface area contributed by atoms with Crippen molar-refractivity contribution in [2.75, 3.05) is 6.61 Å². The molecule has 114 valence electrons.